The molecule has 1 aromatic carbocycles. The summed E-state index contributed by atoms with van der Waals surface area (Å²) < 4.78 is 45.0. The van der Waals surface area contributed by atoms with E-state index in [1.165, 1.54) is 11.3 Å². The van der Waals surface area contributed by atoms with Crippen LogP contribution < -0.4 is 5.73 Å². The number of nitrogens with zero attached hydrogens (tertiary/aromatic N) is 1. The SMILES string of the molecule is Nc1onc(-c2ccc(F)c(F)c2F)c1-c1cccs1. The molecule has 0 aliphatic heterocycles. The maximum atomic E-state index is 13.8. The van der Waals surface area contributed by atoms with Gasteiger partial charge < -0.3 is 10.3 Å². The molecule has 0 aliphatic carbocycles. The van der Waals surface area contributed by atoms with Crippen molar-refractivity contribution in [3.8, 4) is 21.7 Å². The normalized spacial score (nSPS) is 10.9. The van der Waals surface area contributed by atoms with Crippen molar-refractivity contribution >= 4 is 17.2 Å². The first-order valence-corrected chi connectivity index (χ1v) is 6.40. The van der Waals surface area contributed by atoms with Gasteiger partial charge in [-0.3, -0.25) is 0 Å². The lowest BCUT2D eigenvalue weighted by atomic mass is 10.1. The smallest absolute Gasteiger partial charge is 0.231 e. The van der Waals surface area contributed by atoms with Gasteiger partial charge in [-0.25, -0.2) is 13.2 Å². The Morgan fingerprint density at radius 1 is 1.10 bits per heavy atom. The van der Waals surface area contributed by atoms with Gasteiger partial charge in [0.05, 0.1) is 5.56 Å². The Labute approximate surface area is 115 Å². The van der Waals surface area contributed by atoms with E-state index in [1.807, 2.05) is 0 Å². The molecule has 3 aromatic rings. The summed E-state index contributed by atoms with van der Waals surface area (Å²) in [7, 11) is 0. The summed E-state index contributed by atoms with van der Waals surface area (Å²) in [5.41, 5.74) is 5.88. The van der Waals surface area contributed by atoms with Crippen LogP contribution in [0.15, 0.2) is 34.2 Å². The van der Waals surface area contributed by atoms with Gasteiger partial charge in [-0.05, 0) is 23.6 Å². The molecule has 0 atom stereocenters. The van der Waals surface area contributed by atoms with Gasteiger partial charge >= 0.3 is 0 Å². The molecule has 2 aromatic heterocycles. The van der Waals surface area contributed by atoms with E-state index in [4.69, 9.17) is 10.3 Å². The fraction of sp³-hybridized carbons (Fsp3) is 0. The van der Waals surface area contributed by atoms with Crippen molar-refractivity contribution in [3.05, 3.63) is 47.1 Å². The largest absolute Gasteiger partial charge is 0.367 e. The van der Waals surface area contributed by atoms with Gasteiger partial charge in [0.15, 0.2) is 17.5 Å². The Kier molecular flexibility index (Phi) is 2.98. The first kappa shape index (κ1) is 12.7. The number of thiophene rings is 1. The molecule has 3 nitrogen and oxygen atoms in total. The van der Waals surface area contributed by atoms with E-state index in [1.54, 1.807) is 17.5 Å². The third kappa shape index (κ3) is 1.87. The monoisotopic (exact) mass is 296 g/mol. The molecule has 0 fully saturated rings. The standard InChI is InChI=1S/C13H7F3N2OS/c14-7-4-3-6(10(15)11(7)16)12-9(13(17)19-18-12)8-2-1-5-20-8/h1-5H,17H2. The minimum atomic E-state index is -1.55. The first-order chi connectivity index (χ1) is 9.59. The van der Waals surface area contributed by atoms with Crippen LogP contribution in [0.25, 0.3) is 21.7 Å². The highest BCUT2D eigenvalue weighted by Gasteiger charge is 2.23. The van der Waals surface area contributed by atoms with Crippen LogP contribution in [0, 0.1) is 17.5 Å². The molecular weight excluding hydrogens is 289 g/mol. The van der Waals surface area contributed by atoms with Gasteiger partial charge in [0.1, 0.15) is 5.69 Å². The Balaban J connectivity index is 2.25. The zero-order valence-electron chi connectivity index (χ0n) is 9.86. The topological polar surface area (TPSA) is 52.0 Å². The zero-order chi connectivity index (χ0) is 14.3. The highest BCUT2D eigenvalue weighted by atomic mass is 32.1. The summed E-state index contributed by atoms with van der Waals surface area (Å²) in [4.78, 5) is 0.697. The molecule has 102 valence electrons. The Morgan fingerprint density at radius 3 is 2.60 bits per heavy atom. The average molecular weight is 296 g/mol. The molecule has 7 heteroatoms. The number of rotatable bonds is 2. The highest BCUT2D eigenvalue weighted by Crippen LogP contribution is 2.39. The maximum absolute atomic E-state index is 13.8. The van der Waals surface area contributed by atoms with Crippen LogP contribution in [0.1, 0.15) is 0 Å². The highest BCUT2D eigenvalue weighted by molar-refractivity contribution is 7.13. The van der Waals surface area contributed by atoms with E-state index in [0.717, 1.165) is 12.1 Å². The van der Waals surface area contributed by atoms with Crippen LogP contribution in [0.3, 0.4) is 0 Å². The lowest BCUT2D eigenvalue weighted by Gasteiger charge is -2.03. The van der Waals surface area contributed by atoms with Crippen molar-refractivity contribution in [1.82, 2.24) is 5.16 Å². The Morgan fingerprint density at radius 2 is 1.90 bits per heavy atom. The molecule has 2 heterocycles. The third-order valence-corrected chi connectivity index (χ3v) is 3.66. The minimum absolute atomic E-state index is 0.00779. The molecule has 20 heavy (non-hydrogen) atoms. The van der Waals surface area contributed by atoms with E-state index < -0.39 is 17.5 Å². The number of nitrogen functional groups attached to an aromatic ring is 1. The third-order valence-electron chi connectivity index (χ3n) is 2.78. The van der Waals surface area contributed by atoms with Crippen molar-refractivity contribution < 1.29 is 17.7 Å². The lowest BCUT2D eigenvalue weighted by molar-refractivity contribution is 0.434. The van der Waals surface area contributed by atoms with Gasteiger partial charge in [0, 0.05) is 10.4 Å². The van der Waals surface area contributed by atoms with Gasteiger partial charge in [0.2, 0.25) is 5.88 Å². The fourth-order valence-electron chi connectivity index (χ4n) is 1.85. The second kappa shape index (κ2) is 4.68. The molecule has 2 N–H and O–H groups in total. The zero-order valence-corrected chi connectivity index (χ0v) is 10.7. The number of benzene rings is 1. The fourth-order valence-corrected chi connectivity index (χ4v) is 2.63. The predicted molar refractivity (Wildman–Crippen MR) is 69.5 cm³/mol. The lowest BCUT2D eigenvalue weighted by Crippen LogP contribution is -1.95. The van der Waals surface area contributed by atoms with Crippen molar-refractivity contribution in [1.29, 1.82) is 0 Å². The molecule has 0 saturated carbocycles. The predicted octanol–water partition coefficient (Wildman–Crippen LogP) is 4.07. The van der Waals surface area contributed by atoms with Crippen molar-refractivity contribution in [2.75, 3.05) is 5.73 Å². The van der Waals surface area contributed by atoms with Crippen LogP contribution >= 0.6 is 11.3 Å². The molecule has 0 saturated heterocycles. The van der Waals surface area contributed by atoms with Gasteiger partial charge in [-0.1, -0.05) is 11.2 Å². The number of hydrogen-bond acceptors (Lipinski definition) is 4. The van der Waals surface area contributed by atoms with Gasteiger partial charge in [0.25, 0.3) is 0 Å². The molecule has 3 rings (SSSR count). The summed E-state index contributed by atoms with van der Waals surface area (Å²) in [6.45, 7) is 0. The average Bonchev–Trinajstić information content (AvgIpc) is 3.05. The second-order valence-corrected chi connectivity index (χ2v) is 4.92. The van der Waals surface area contributed by atoms with Crippen LogP contribution in [-0.4, -0.2) is 5.16 Å². The van der Waals surface area contributed by atoms with E-state index in [0.29, 0.717) is 10.4 Å². The minimum Gasteiger partial charge on any atom is -0.367 e. The number of halogens is 3. The summed E-state index contributed by atoms with van der Waals surface area (Å²) in [6.07, 6.45) is 0. The Hall–Kier alpha value is -2.28. The molecule has 0 radical (unpaired) electrons. The molecule has 0 spiro atoms. The quantitative estimate of drug-likeness (QED) is 0.725. The molecule has 0 bridgehead atoms. The van der Waals surface area contributed by atoms with E-state index in [2.05, 4.69) is 5.16 Å². The number of nitrogens with two attached hydrogens (primary N) is 1. The summed E-state index contributed by atoms with van der Waals surface area (Å²) in [5.74, 6) is -4.15. The Bertz CT molecular complexity index is 768. The van der Waals surface area contributed by atoms with Crippen LogP contribution in [-0.2, 0) is 0 Å². The van der Waals surface area contributed by atoms with Crippen LogP contribution in [0.5, 0.6) is 0 Å². The molecule has 0 aliphatic rings. The van der Waals surface area contributed by atoms with Crippen LogP contribution in [0.2, 0.25) is 0 Å². The van der Waals surface area contributed by atoms with Crippen molar-refractivity contribution in [2.45, 2.75) is 0 Å². The first-order valence-electron chi connectivity index (χ1n) is 5.52. The van der Waals surface area contributed by atoms with Gasteiger partial charge in [-0.2, -0.15) is 0 Å². The second-order valence-electron chi connectivity index (χ2n) is 3.97. The van der Waals surface area contributed by atoms with E-state index >= 15 is 0 Å². The number of aromatic nitrogens is 1. The summed E-state index contributed by atoms with van der Waals surface area (Å²) in [5, 5.41) is 5.45. The van der Waals surface area contributed by atoms with E-state index in [9.17, 15) is 13.2 Å². The van der Waals surface area contributed by atoms with Crippen molar-refractivity contribution in [2.24, 2.45) is 0 Å². The maximum Gasteiger partial charge on any atom is 0.231 e. The number of hydrogen-bond donors (Lipinski definition) is 1. The summed E-state index contributed by atoms with van der Waals surface area (Å²) in [6, 6.07) is 5.45. The van der Waals surface area contributed by atoms with E-state index in [-0.39, 0.29) is 17.1 Å². The summed E-state index contributed by atoms with van der Waals surface area (Å²) >= 11 is 1.35. The molecule has 0 unspecified atom stereocenters. The molecular formula is C13H7F3N2OS. The van der Waals surface area contributed by atoms with Gasteiger partial charge in [-0.15, -0.1) is 11.3 Å². The van der Waals surface area contributed by atoms with Crippen molar-refractivity contribution in [3.63, 3.8) is 0 Å². The van der Waals surface area contributed by atoms with Crippen LogP contribution in [0.4, 0.5) is 19.1 Å². The number of anilines is 1. The molecule has 0 amide bonds.